The number of hydrogen-bond donors (Lipinski definition) is 1. The number of fused-ring (bicyclic) bond motifs is 1. The molecule has 2 atom stereocenters. The summed E-state index contributed by atoms with van der Waals surface area (Å²) in [7, 11) is 0. The zero-order chi connectivity index (χ0) is 14.1. The predicted molar refractivity (Wildman–Crippen MR) is 85.5 cm³/mol. The van der Waals surface area contributed by atoms with E-state index in [1.165, 1.54) is 16.7 Å². The molecule has 2 aromatic carbocycles. The molecule has 20 heavy (non-hydrogen) atoms. The Bertz CT molecular complexity index is 621. The summed E-state index contributed by atoms with van der Waals surface area (Å²) in [6.07, 6.45) is 1.15. The van der Waals surface area contributed by atoms with Gasteiger partial charge < -0.3 is 5.32 Å². The fraction of sp³-hybridized carbons (Fsp3) is 0.333. The number of aryl methyl sites for hydroxylation is 1. The number of nitrogens with one attached hydrogen (secondary N) is 1. The Morgan fingerprint density at radius 3 is 2.75 bits per heavy atom. The van der Waals surface area contributed by atoms with Crippen LogP contribution in [-0.4, -0.2) is 6.54 Å². The van der Waals surface area contributed by atoms with Gasteiger partial charge in [0, 0.05) is 17.0 Å². The van der Waals surface area contributed by atoms with E-state index in [4.69, 9.17) is 11.6 Å². The summed E-state index contributed by atoms with van der Waals surface area (Å²) in [5.41, 5.74) is 5.40. The average molecular weight is 286 g/mol. The van der Waals surface area contributed by atoms with Crippen LogP contribution >= 0.6 is 11.6 Å². The summed E-state index contributed by atoms with van der Waals surface area (Å²) in [6.45, 7) is 5.18. The van der Waals surface area contributed by atoms with Gasteiger partial charge in [0.1, 0.15) is 0 Å². The highest BCUT2D eigenvalue weighted by Gasteiger charge is 2.33. The lowest BCUT2D eigenvalue weighted by atomic mass is 9.71. The standard InChI is InChI=1S/C18H20ClN/c1-3-20-18(14-9-8-12(2)17(19)11-14)16-10-13-6-4-5-7-15(13)16/h4-9,11,16,18,20H,3,10H2,1-2H3. The molecule has 2 unspecified atom stereocenters. The van der Waals surface area contributed by atoms with Gasteiger partial charge in [-0.25, -0.2) is 0 Å². The van der Waals surface area contributed by atoms with Crippen LogP contribution in [0.2, 0.25) is 5.02 Å². The summed E-state index contributed by atoms with van der Waals surface area (Å²) in [4.78, 5) is 0. The first-order valence-electron chi connectivity index (χ1n) is 7.28. The van der Waals surface area contributed by atoms with Crippen molar-refractivity contribution in [2.24, 2.45) is 0 Å². The highest BCUT2D eigenvalue weighted by atomic mass is 35.5. The van der Waals surface area contributed by atoms with Crippen molar-refractivity contribution >= 4 is 11.6 Å². The number of halogens is 1. The van der Waals surface area contributed by atoms with Crippen LogP contribution in [0, 0.1) is 6.92 Å². The van der Waals surface area contributed by atoms with Crippen LogP contribution in [-0.2, 0) is 6.42 Å². The molecule has 1 aliphatic rings. The fourth-order valence-corrected chi connectivity index (χ4v) is 3.30. The summed E-state index contributed by atoms with van der Waals surface area (Å²) in [5, 5.41) is 4.49. The van der Waals surface area contributed by atoms with Crippen molar-refractivity contribution in [1.29, 1.82) is 0 Å². The number of likely N-dealkylation sites (N-methyl/N-ethyl adjacent to an activating group) is 1. The molecule has 0 saturated carbocycles. The monoisotopic (exact) mass is 285 g/mol. The van der Waals surface area contributed by atoms with Crippen molar-refractivity contribution in [3.05, 3.63) is 69.7 Å². The molecule has 0 bridgehead atoms. The quantitative estimate of drug-likeness (QED) is 0.863. The van der Waals surface area contributed by atoms with Gasteiger partial charge in [-0.15, -0.1) is 0 Å². The van der Waals surface area contributed by atoms with Crippen molar-refractivity contribution in [1.82, 2.24) is 5.32 Å². The molecule has 0 saturated heterocycles. The van der Waals surface area contributed by atoms with E-state index in [9.17, 15) is 0 Å². The zero-order valence-corrected chi connectivity index (χ0v) is 12.7. The molecule has 0 radical (unpaired) electrons. The molecule has 0 aliphatic heterocycles. The Labute approximate surface area is 126 Å². The van der Waals surface area contributed by atoms with Gasteiger partial charge in [0.15, 0.2) is 0 Å². The summed E-state index contributed by atoms with van der Waals surface area (Å²) >= 11 is 6.30. The van der Waals surface area contributed by atoms with E-state index in [0.717, 1.165) is 23.6 Å². The van der Waals surface area contributed by atoms with Gasteiger partial charge in [0.25, 0.3) is 0 Å². The summed E-state index contributed by atoms with van der Waals surface area (Å²) < 4.78 is 0. The zero-order valence-electron chi connectivity index (χ0n) is 12.0. The van der Waals surface area contributed by atoms with Crippen LogP contribution in [0.3, 0.4) is 0 Å². The Kier molecular flexibility index (Phi) is 3.82. The van der Waals surface area contributed by atoms with Crippen LogP contribution in [0.25, 0.3) is 0 Å². The number of rotatable bonds is 4. The van der Waals surface area contributed by atoms with Gasteiger partial charge in [0.05, 0.1) is 0 Å². The molecule has 1 aliphatic carbocycles. The van der Waals surface area contributed by atoms with E-state index in [1.807, 2.05) is 6.92 Å². The Morgan fingerprint density at radius 1 is 1.25 bits per heavy atom. The van der Waals surface area contributed by atoms with Crippen LogP contribution in [0.1, 0.15) is 41.1 Å². The van der Waals surface area contributed by atoms with E-state index >= 15 is 0 Å². The highest BCUT2D eigenvalue weighted by molar-refractivity contribution is 6.31. The second-order valence-corrected chi connectivity index (χ2v) is 5.96. The van der Waals surface area contributed by atoms with Crippen molar-refractivity contribution in [3.8, 4) is 0 Å². The summed E-state index contributed by atoms with van der Waals surface area (Å²) in [6, 6.07) is 15.5. The largest absolute Gasteiger partial charge is 0.310 e. The van der Waals surface area contributed by atoms with Gasteiger partial charge >= 0.3 is 0 Å². The SMILES string of the molecule is CCNC(c1ccc(C)c(Cl)c1)C1Cc2ccccc21. The molecule has 0 heterocycles. The number of hydrogen-bond acceptors (Lipinski definition) is 1. The van der Waals surface area contributed by atoms with Crippen LogP contribution < -0.4 is 5.32 Å². The highest BCUT2D eigenvalue weighted by Crippen LogP contribution is 2.43. The molecule has 0 amide bonds. The second-order valence-electron chi connectivity index (χ2n) is 5.55. The molecular formula is C18H20ClN. The lowest BCUT2D eigenvalue weighted by Gasteiger charge is -2.37. The molecule has 0 fully saturated rings. The molecule has 0 aromatic heterocycles. The third-order valence-electron chi connectivity index (χ3n) is 4.28. The first-order chi connectivity index (χ1) is 9.70. The van der Waals surface area contributed by atoms with Gasteiger partial charge in [-0.1, -0.05) is 54.9 Å². The van der Waals surface area contributed by atoms with E-state index in [2.05, 4.69) is 54.7 Å². The third kappa shape index (κ3) is 2.36. The smallest absolute Gasteiger partial charge is 0.0438 e. The molecular weight excluding hydrogens is 266 g/mol. The molecule has 2 heteroatoms. The normalized spacial score (nSPS) is 18.2. The first kappa shape index (κ1) is 13.7. The Hall–Kier alpha value is -1.31. The lowest BCUT2D eigenvalue weighted by Crippen LogP contribution is -2.33. The summed E-state index contributed by atoms with van der Waals surface area (Å²) in [5.74, 6) is 0.560. The minimum absolute atomic E-state index is 0.355. The maximum Gasteiger partial charge on any atom is 0.0438 e. The topological polar surface area (TPSA) is 12.0 Å². The van der Waals surface area contributed by atoms with Crippen molar-refractivity contribution < 1.29 is 0 Å². The van der Waals surface area contributed by atoms with E-state index in [1.54, 1.807) is 0 Å². The first-order valence-corrected chi connectivity index (χ1v) is 7.65. The van der Waals surface area contributed by atoms with Gasteiger partial charge in [0.2, 0.25) is 0 Å². The number of benzene rings is 2. The molecule has 2 aromatic rings. The van der Waals surface area contributed by atoms with Gasteiger partial charge in [-0.2, -0.15) is 0 Å². The van der Waals surface area contributed by atoms with Gasteiger partial charge in [-0.05, 0) is 48.2 Å². The van der Waals surface area contributed by atoms with Crippen LogP contribution in [0.15, 0.2) is 42.5 Å². The maximum absolute atomic E-state index is 6.30. The molecule has 0 spiro atoms. The fourth-order valence-electron chi connectivity index (χ4n) is 3.11. The minimum atomic E-state index is 0.355. The Morgan fingerprint density at radius 2 is 2.05 bits per heavy atom. The van der Waals surface area contributed by atoms with E-state index in [-0.39, 0.29) is 0 Å². The van der Waals surface area contributed by atoms with Crippen molar-refractivity contribution in [3.63, 3.8) is 0 Å². The van der Waals surface area contributed by atoms with Crippen molar-refractivity contribution in [2.75, 3.05) is 6.54 Å². The minimum Gasteiger partial charge on any atom is -0.310 e. The predicted octanol–water partition coefficient (Wildman–Crippen LogP) is 4.64. The van der Waals surface area contributed by atoms with Crippen LogP contribution in [0.4, 0.5) is 0 Å². The van der Waals surface area contributed by atoms with Crippen molar-refractivity contribution in [2.45, 2.75) is 32.2 Å². The van der Waals surface area contributed by atoms with E-state index < -0.39 is 0 Å². The van der Waals surface area contributed by atoms with Gasteiger partial charge in [-0.3, -0.25) is 0 Å². The lowest BCUT2D eigenvalue weighted by molar-refractivity contribution is 0.420. The van der Waals surface area contributed by atoms with Crippen LogP contribution in [0.5, 0.6) is 0 Å². The molecule has 1 nitrogen and oxygen atoms in total. The second kappa shape index (κ2) is 5.59. The average Bonchev–Trinajstić information content (AvgIpc) is 2.42. The molecule has 1 N–H and O–H groups in total. The third-order valence-corrected chi connectivity index (χ3v) is 4.68. The maximum atomic E-state index is 6.30. The van der Waals surface area contributed by atoms with E-state index in [0.29, 0.717) is 12.0 Å². The molecule has 104 valence electrons. The Balaban J connectivity index is 1.92. The molecule has 3 rings (SSSR count).